The molecule has 0 aromatic heterocycles. The molecule has 1 heterocycles. The van der Waals surface area contributed by atoms with E-state index in [-0.39, 0.29) is 21.9 Å². The number of thioether (sulfide) groups is 1. The van der Waals surface area contributed by atoms with Gasteiger partial charge in [0.25, 0.3) is 17.5 Å². The summed E-state index contributed by atoms with van der Waals surface area (Å²) in [6.45, 7) is 0. The second-order valence-electron chi connectivity index (χ2n) is 5.36. The summed E-state index contributed by atoms with van der Waals surface area (Å²) in [7, 11) is 0. The van der Waals surface area contributed by atoms with Crippen molar-refractivity contribution < 1.29 is 24.4 Å². The zero-order valence-corrected chi connectivity index (χ0v) is 14.3. The summed E-state index contributed by atoms with van der Waals surface area (Å²) in [5.41, 5.74) is 2.57. The number of nitro benzene ring substituents is 1. The summed E-state index contributed by atoms with van der Waals surface area (Å²) in [5.74, 6) is -1.47. The Hall–Kier alpha value is -3.66. The van der Waals surface area contributed by atoms with E-state index in [9.17, 15) is 29.6 Å². The van der Waals surface area contributed by atoms with Gasteiger partial charge in [-0.1, -0.05) is 12.1 Å². The number of nitro groups is 1. The van der Waals surface area contributed by atoms with Crippen molar-refractivity contribution in [2.75, 3.05) is 0 Å². The summed E-state index contributed by atoms with van der Waals surface area (Å²) in [5, 5.41) is 20.0. The monoisotopic (exact) mass is 385 g/mol. The molecule has 1 aliphatic heterocycles. The molecule has 0 atom stereocenters. The molecule has 2 aromatic carbocycles. The minimum atomic E-state index is -0.759. The Morgan fingerprint density at radius 3 is 2.52 bits per heavy atom. The Bertz CT molecular complexity index is 986. The van der Waals surface area contributed by atoms with Crippen LogP contribution < -0.4 is 5.43 Å². The molecule has 10 heteroatoms. The van der Waals surface area contributed by atoms with E-state index in [0.29, 0.717) is 22.3 Å². The van der Waals surface area contributed by atoms with Crippen molar-refractivity contribution in [1.29, 1.82) is 0 Å². The molecule has 136 valence electrons. The molecule has 9 nitrogen and oxygen atoms in total. The van der Waals surface area contributed by atoms with E-state index >= 15 is 0 Å². The number of hydrogen-bond donors (Lipinski definition) is 2. The fourth-order valence-corrected chi connectivity index (χ4v) is 3.01. The van der Waals surface area contributed by atoms with Gasteiger partial charge in [-0.3, -0.25) is 29.9 Å². The molecule has 27 heavy (non-hydrogen) atoms. The van der Waals surface area contributed by atoms with E-state index in [0.717, 1.165) is 12.1 Å². The first-order valence-corrected chi connectivity index (χ1v) is 8.29. The second-order valence-corrected chi connectivity index (χ2v) is 6.35. The third kappa shape index (κ3) is 3.96. The van der Waals surface area contributed by atoms with E-state index in [1.165, 1.54) is 30.3 Å². The van der Waals surface area contributed by atoms with Crippen LogP contribution in [-0.4, -0.2) is 32.1 Å². The molecule has 3 amide bonds. The number of nitrogens with zero attached hydrogens (tertiary/aromatic N) is 2. The molecule has 2 N–H and O–H groups in total. The van der Waals surface area contributed by atoms with E-state index in [4.69, 9.17) is 0 Å². The second kappa shape index (κ2) is 7.30. The highest BCUT2D eigenvalue weighted by molar-refractivity contribution is 8.18. The maximum absolute atomic E-state index is 12.4. The van der Waals surface area contributed by atoms with E-state index in [1.807, 2.05) is 0 Å². The van der Waals surface area contributed by atoms with Crippen molar-refractivity contribution >= 4 is 40.6 Å². The third-order valence-corrected chi connectivity index (χ3v) is 4.38. The van der Waals surface area contributed by atoms with Crippen molar-refractivity contribution in [2.45, 2.75) is 0 Å². The molecular weight excluding hydrogens is 374 g/mol. The van der Waals surface area contributed by atoms with Crippen LogP contribution in [0.4, 0.5) is 10.5 Å². The highest BCUT2D eigenvalue weighted by Crippen LogP contribution is 2.31. The maximum Gasteiger partial charge on any atom is 0.312 e. The quantitative estimate of drug-likeness (QED) is 0.470. The lowest BCUT2D eigenvalue weighted by Crippen LogP contribution is -2.44. The van der Waals surface area contributed by atoms with Crippen LogP contribution in [0.5, 0.6) is 5.75 Å². The number of amides is 3. The molecule has 3 rings (SSSR count). The minimum Gasteiger partial charge on any atom is -0.508 e. The fraction of sp³-hybridized carbons (Fsp3) is 0. The van der Waals surface area contributed by atoms with Gasteiger partial charge in [0.15, 0.2) is 0 Å². The minimum absolute atomic E-state index is 0.00875. The number of carbonyl (C=O) groups is 3. The Morgan fingerprint density at radius 1 is 1.19 bits per heavy atom. The summed E-state index contributed by atoms with van der Waals surface area (Å²) in [6.07, 6.45) is 1.42. The van der Waals surface area contributed by atoms with Crippen LogP contribution in [0.3, 0.4) is 0 Å². The number of rotatable bonds is 4. The number of imide groups is 1. The molecule has 0 radical (unpaired) electrons. The van der Waals surface area contributed by atoms with Crippen molar-refractivity contribution in [2.24, 2.45) is 0 Å². The standard InChI is InChI=1S/C17H11N3O6S/c21-13-3-1-2-10(8-13)9-14-16(23)19(17(24)27-14)18-15(22)11-4-6-12(7-5-11)20(25)26/h1-9,21H,(H,18,22). The lowest BCUT2D eigenvalue weighted by atomic mass is 10.2. The van der Waals surface area contributed by atoms with Crippen molar-refractivity contribution in [3.05, 3.63) is 74.7 Å². The lowest BCUT2D eigenvalue weighted by molar-refractivity contribution is -0.384. The average Bonchev–Trinajstić information content (AvgIpc) is 2.89. The SMILES string of the molecule is O=C(NN1C(=O)SC(=Cc2cccc(O)c2)C1=O)c1ccc([N+](=O)[O-])cc1. The topological polar surface area (TPSA) is 130 Å². The first kappa shape index (κ1) is 18.1. The van der Waals surface area contributed by atoms with Crippen LogP contribution >= 0.6 is 11.8 Å². The first-order valence-electron chi connectivity index (χ1n) is 7.47. The first-order chi connectivity index (χ1) is 12.8. The number of benzene rings is 2. The lowest BCUT2D eigenvalue weighted by Gasteiger charge is -2.13. The van der Waals surface area contributed by atoms with Gasteiger partial charge in [0, 0.05) is 17.7 Å². The zero-order valence-electron chi connectivity index (χ0n) is 13.5. The molecule has 0 bridgehead atoms. The molecule has 0 aliphatic carbocycles. The molecule has 1 saturated heterocycles. The summed E-state index contributed by atoms with van der Waals surface area (Å²) < 4.78 is 0. The van der Waals surface area contributed by atoms with Crippen LogP contribution in [0.25, 0.3) is 6.08 Å². The van der Waals surface area contributed by atoms with E-state index in [1.54, 1.807) is 12.1 Å². The van der Waals surface area contributed by atoms with Crippen LogP contribution in [0.1, 0.15) is 15.9 Å². The number of phenolic OH excluding ortho intramolecular Hbond substituents is 1. The largest absolute Gasteiger partial charge is 0.508 e. The Labute approximate surface area is 156 Å². The molecule has 0 saturated carbocycles. The van der Waals surface area contributed by atoms with Crippen LogP contribution in [0, 0.1) is 10.1 Å². The van der Waals surface area contributed by atoms with Gasteiger partial charge in [0.1, 0.15) is 5.75 Å². The van der Waals surface area contributed by atoms with Gasteiger partial charge in [-0.05, 0) is 47.7 Å². The fourth-order valence-electron chi connectivity index (χ4n) is 2.23. The van der Waals surface area contributed by atoms with Crippen LogP contribution in [-0.2, 0) is 4.79 Å². The summed E-state index contributed by atoms with van der Waals surface area (Å²) in [4.78, 5) is 46.7. The number of hydrazine groups is 1. The predicted molar refractivity (Wildman–Crippen MR) is 96.5 cm³/mol. The van der Waals surface area contributed by atoms with Gasteiger partial charge in [0.2, 0.25) is 0 Å². The molecule has 1 fully saturated rings. The number of non-ortho nitro benzene ring substituents is 1. The molecule has 1 aliphatic rings. The number of phenols is 1. The van der Waals surface area contributed by atoms with Gasteiger partial charge in [-0.2, -0.15) is 5.01 Å². The van der Waals surface area contributed by atoms with Gasteiger partial charge >= 0.3 is 5.24 Å². The van der Waals surface area contributed by atoms with Gasteiger partial charge in [-0.15, -0.1) is 0 Å². The summed E-state index contributed by atoms with van der Waals surface area (Å²) >= 11 is 0.639. The highest BCUT2D eigenvalue weighted by atomic mass is 32.2. The van der Waals surface area contributed by atoms with Crippen LogP contribution in [0.15, 0.2) is 53.4 Å². The number of aromatic hydroxyl groups is 1. The van der Waals surface area contributed by atoms with Crippen molar-refractivity contribution in [3.63, 3.8) is 0 Å². The Balaban J connectivity index is 1.75. The Morgan fingerprint density at radius 2 is 1.89 bits per heavy atom. The predicted octanol–water partition coefficient (Wildman–Crippen LogP) is 2.68. The molecule has 0 spiro atoms. The van der Waals surface area contributed by atoms with Gasteiger partial charge in [0.05, 0.1) is 9.83 Å². The van der Waals surface area contributed by atoms with E-state index in [2.05, 4.69) is 5.43 Å². The Kier molecular flexibility index (Phi) is 4.90. The molecule has 0 unspecified atom stereocenters. The van der Waals surface area contributed by atoms with Crippen molar-refractivity contribution in [3.8, 4) is 5.75 Å². The number of nitrogens with one attached hydrogen (secondary N) is 1. The van der Waals surface area contributed by atoms with Crippen LogP contribution in [0.2, 0.25) is 0 Å². The van der Waals surface area contributed by atoms with Crippen molar-refractivity contribution in [1.82, 2.24) is 10.4 Å². The average molecular weight is 385 g/mol. The number of carbonyl (C=O) groups excluding carboxylic acids is 3. The number of hydrogen-bond acceptors (Lipinski definition) is 7. The molecule has 2 aromatic rings. The van der Waals surface area contributed by atoms with Gasteiger partial charge in [-0.25, -0.2) is 0 Å². The third-order valence-electron chi connectivity index (χ3n) is 3.52. The highest BCUT2D eigenvalue weighted by Gasteiger charge is 2.36. The van der Waals surface area contributed by atoms with Gasteiger partial charge < -0.3 is 5.11 Å². The maximum atomic E-state index is 12.4. The zero-order chi connectivity index (χ0) is 19.6. The summed E-state index contributed by atoms with van der Waals surface area (Å²) in [6, 6.07) is 10.8. The van der Waals surface area contributed by atoms with E-state index < -0.39 is 22.0 Å². The smallest absolute Gasteiger partial charge is 0.312 e. The normalized spacial score (nSPS) is 15.3. The molecular formula is C17H11N3O6S.